The molecule has 2 amide bonds. The van der Waals surface area contributed by atoms with Gasteiger partial charge in [0, 0.05) is 29.9 Å². The van der Waals surface area contributed by atoms with Crippen molar-refractivity contribution in [3.8, 4) is 0 Å². The van der Waals surface area contributed by atoms with E-state index < -0.39 is 11.9 Å². The number of esters is 1. The van der Waals surface area contributed by atoms with Crippen LogP contribution in [0.3, 0.4) is 0 Å². The van der Waals surface area contributed by atoms with Crippen LogP contribution >= 0.6 is 0 Å². The van der Waals surface area contributed by atoms with Crippen LogP contribution in [-0.4, -0.2) is 37.2 Å². The van der Waals surface area contributed by atoms with E-state index in [2.05, 4.69) is 10.1 Å². The molecule has 0 radical (unpaired) electrons. The topological polar surface area (TPSA) is 92.8 Å². The molecule has 144 valence electrons. The van der Waals surface area contributed by atoms with Crippen LogP contribution in [0.5, 0.6) is 0 Å². The summed E-state index contributed by atoms with van der Waals surface area (Å²) in [5.41, 5.74) is 2.04. The summed E-state index contributed by atoms with van der Waals surface area (Å²) in [7, 11) is 1.30. The lowest BCUT2D eigenvalue weighted by Crippen LogP contribution is -2.28. The Labute approximate surface area is 162 Å². The number of carbonyl (C=O) groups excluding carboxylic acids is 4. The second-order valence-corrected chi connectivity index (χ2v) is 6.57. The van der Waals surface area contributed by atoms with Crippen molar-refractivity contribution in [2.45, 2.75) is 13.3 Å². The number of ketones is 1. The first kappa shape index (κ1) is 19.3. The molecule has 7 heteroatoms. The summed E-state index contributed by atoms with van der Waals surface area (Å²) >= 11 is 0. The third-order valence-corrected chi connectivity index (χ3v) is 4.63. The number of ether oxygens (including phenoxy) is 1. The molecule has 1 saturated heterocycles. The predicted octanol–water partition coefficient (Wildman–Crippen LogP) is 2.67. The molecule has 0 saturated carbocycles. The number of nitrogens with one attached hydrogen (secondary N) is 1. The van der Waals surface area contributed by atoms with Crippen molar-refractivity contribution in [1.82, 2.24) is 0 Å². The van der Waals surface area contributed by atoms with Crippen LogP contribution in [0.2, 0.25) is 0 Å². The Balaban J connectivity index is 1.67. The molecule has 1 N–H and O–H groups in total. The summed E-state index contributed by atoms with van der Waals surface area (Å²) in [6.07, 6.45) is 0.0936. The molecule has 1 aliphatic heterocycles. The molecule has 1 atom stereocenters. The van der Waals surface area contributed by atoms with Crippen molar-refractivity contribution in [3.05, 3.63) is 59.7 Å². The molecule has 0 aromatic heterocycles. The van der Waals surface area contributed by atoms with E-state index in [-0.39, 0.29) is 30.6 Å². The van der Waals surface area contributed by atoms with E-state index in [1.807, 2.05) is 0 Å². The fraction of sp³-hybridized carbons (Fsp3) is 0.238. The standard InChI is InChI=1S/C21H20N2O5/c1-13(24)15-4-3-5-18(10-15)23-12-16(11-19(23)25)20(26)22-17-8-6-14(7-9-17)21(27)28-2/h3-10,16H,11-12H2,1-2H3,(H,22,26). The number of Topliss-reactive ketones (excluding diaryl/α,β-unsaturated/α-hetero) is 1. The fourth-order valence-corrected chi connectivity index (χ4v) is 3.08. The van der Waals surface area contributed by atoms with Gasteiger partial charge in [0.2, 0.25) is 11.8 Å². The number of carbonyl (C=O) groups is 4. The van der Waals surface area contributed by atoms with Crippen LogP contribution in [0.15, 0.2) is 48.5 Å². The van der Waals surface area contributed by atoms with Crippen LogP contribution < -0.4 is 10.2 Å². The number of hydrogen-bond acceptors (Lipinski definition) is 5. The molecule has 28 heavy (non-hydrogen) atoms. The number of rotatable bonds is 5. The van der Waals surface area contributed by atoms with Crippen molar-refractivity contribution >= 4 is 34.9 Å². The summed E-state index contributed by atoms with van der Waals surface area (Å²) < 4.78 is 4.64. The molecule has 0 aliphatic carbocycles. The Morgan fingerprint density at radius 3 is 2.43 bits per heavy atom. The first-order valence-electron chi connectivity index (χ1n) is 8.79. The van der Waals surface area contributed by atoms with Crippen molar-refractivity contribution < 1.29 is 23.9 Å². The van der Waals surface area contributed by atoms with Gasteiger partial charge in [-0.05, 0) is 43.3 Å². The van der Waals surface area contributed by atoms with Crippen LogP contribution in [0.4, 0.5) is 11.4 Å². The normalized spacial score (nSPS) is 16.0. The lowest BCUT2D eigenvalue weighted by atomic mass is 10.1. The molecule has 2 aromatic rings. The smallest absolute Gasteiger partial charge is 0.337 e. The molecule has 2 aromatic carbocycles. The summed E-state index contributed by atoms with van der Waals surface area (Å²) in [6, 6.07) is 13.1. The largest absolute Gasteiger partial charge is 0.465 e. The van der Waals surface area contributed by atoms with Gasteiger partial charge >= 0.3 is 5.97 Å². The molecule has 1 aliphatic rings. The monoisotopic (exact) mass is 380 g/mol. The van der Waals surface area contributed by atoms with Gasteiger partial charge < -0.3 is 15.0 Å². The molecular formula is C21H20N2O5. The Morgan fingerprint density at radius 1 is 1.07 bits per heavy atom. The van der Waals surface area contributed by atoms with E-state index in [0.29, 0.717) is 22.5 Å². The highest BCUT2D eigenvalue weighted by Crippen LogP contribution is 2.27. The Bertz CT molecular complexity index is 936. The lowest BCUT2D eigenvalue weighted by Gasteiger charge is -2.17. The highest BCUT2D eigenvalue weighted by Gasteiger charge is 2.35. The minimum atomic E-state index is -0.506. The Kier molecular flexibility index (Phi) is 5.54. The van der Waals surface area contributed by atoms with Gasteiger partial charge in [0.05, 0.1) is 18.6 Å². The maximum atomic E-state index is 12.6. The van der Waals surface area contributed by atoms with Crippen LogP contribution in [-0.2, 0) is 14.3 Å². The average molecular weight is 380 g/mol. The van der Waals surface area contributed by atoms with Crippen molar-refractivity contribution in [3.63, 3.8) is 0 Å². The molecule has 3 rings (SSSR count). The van der Waals surface area contributed by atoms with Gasteiger partial charge in [0.25, 0.3) is 0 Å². The predicted molar refractivity (Wildman–Crippen MR) is 103 cm³/mol. The number of nitrogens with zero attached hydrogens (tertiary/aromatic N) is 1. The van der Waals surface area contributed by atoms with E-state index in [9.17, 15) is 19.2 Å². The van der Waals surface area contributed by atoms with Gasteiger partial charge in [-0.1, -0.05) is 12.1 Å². The van der Waals surface area contributed by atoms with Gasteiger partial charge in [-0.25, -0.2) is 4.79 Å². The molecule has 0 spiro atoms. The minimum Gasteiger partial charge on any atom is -0.465 e. The van der Waals surface area contributed by atoms with E-state index in [4.69, 9.17) is 0 Å². The zero-order chi connectivity index (χ0) is 20.3. The van der Waals surface area contributed by atoms with Crippen molar-refractivity contribution in [2.75, 3.05) is 23.9 Å². The Morgan fingerprint density at radius 2 is 1.79 bits per heavy atom. The average Bonchev–Trinajstić information content (AvgIpc) is 3.10. The first-order chi connectivity index (χ1) is 13.4. The highest BCUT2D eigenvalue weighted by atomic mass is 16.5. The lowest BCUT2D eigenvalue weighted by molar-refractivity contribution is -0.122. The molecule has 1 fully saturated rings. The number of benzene rings is 2. The molecule has 0 bridgehead atoms. The first-order valence-corrected chi connectivity index (χ1v) is 8.79. The van der Waals surface area contributed by atoms with Crippen LogP contribution in [0, 0.1) is 5.92 Å². The molecular weight excluding hydrogens is 360 g/mol. The van der Waals surface area contributed by atoms with E-state index in [1.54, 1.807) is 48.5 Å². The summed E-state index contributed by atoms with van der Waals surface area (Å²) in [4.78, 5) is 49.5. The van der Waals surface area contributed by atoms with E-state index in [0.717, 1.165) is 0 Å². The van der Waals surface area contributed by atoms with Crippen LogP contribution in [0.25, 0.3) is 0 Å². The highest BCUT2D eigenvalue weighted by molar-refractivity contribution is 6.04. The minimum absolute atomic E-state index is 0.0850. The summed E-state index contributed by atoms with van der Waals surface area (Å²) in [6.45, 7) is 1.71. The maximum absolute atomic E-state index is 12.6. The van der Waals surface area contributed by atoms with Gasteiger partial charge in [0.15, 0.2) is 5.78 Å². The van der Waals surface area contributed by atoms with Crippen LogP contribution in [0.1, 0.15) is 34.1 Å². The van der Waals surface area contributed by atoms with Gasteiger partial charge in [-0.3, -0.25) is 14.4 Å². The van der Waals surface area contributed by atoms with E-state index >= 15 is 0 Å². The number of anilines is 2. The second-order valence-electron chi connectivity index (χ2n) is 6.57. The molecule has 1 heterocycles. The number of amides is 2. The van der Waals surface area contributed by atoms with Gasteiger partial charge in [0.1, 0.15) is 0 Å². The Hall–Kier alpha value is -3.48. The van der Waals surface area contributed by atoms with Gasteiger partial charge in [-0.2, -0.15) is 0 Å². The molecule has 7 nitrogen and oxygen atoms in total. The third-order valence-electron chi connectivity index (χ3n) is 4.63. The SMILES string of the molecule is COC(=O)c1ccc(NC(=O)C2CC(=O)N(c3cccc(C(C)=O)c3)C2)cc1. The number of methoxy groups -OCH3 is 1. The van der Waals surface area contributed by atoms with Crippen molar-refractivity contribution in [2.24, 2.45) is 5.92 Å². The summed E-state index contributed by atoms with van der Waals surface area (Å²) in [5.74, 6) is -1.49. The summed E-state index contributed by atoms with van der Waals surface area (Å²) in [5, 5.41) is 2.77. The zero-order valence-electron chi connectivity index (χ0n) is 15.6. The zero-order valence-corrected chi connectivity index (χ0v) is 15.6. The number of hydrogen-bond donors (Lipinski definition) is 1. The quantitative estimate of drug-likeness (QED) is 0.636. The third kappa shape index (κ3) is 4.09. The molecule has 1 unspecified atom stereocenters. The van der Waals surface area contributed by atoms with E-state index in [1.165, 1.54) is 18.9 Å². The van der Waals surface area contributed by atoms with Crippen molar-refractivity contribution in [1.29, 1.82) is 0 Å². The fourth-order valence-electron chi connectivity index (χ4n) is 3.08. The second kappa shape index (κ2) is 8.04. The maximum Gasteiger partial charge on any atom is 0.337 e. The van der Waals surface area contributed by atoms with Gasteiger partial charge in [-0.15, -0.1) is 0 Å².